The Morgan fingerprint density at radius 3 is 2.75 bits per heavy atom. The second-order valence-corrected chi connectivity index (χ2v) is 10.8. The van der Waals surface area contributed by atoms with Crippen LogP contribution in [0.2, 0.25) is 0 Å². The second kappa shape index (κ2) is 8.54. The first-order chi connectivity index (χ1) is 15.5. The smallest absolute Gasteiger partial charge is 0.262 e. The van der Waals surface area contributed by atoms with Gasteiger partial charge in [0.25, 0.3) is 5.56 Å². The van der Waals surface area contributed by atoms with Crippen LogP contribution in [0.15, 0.2) is 34.2 Å². The lowest BCUT2D eigenvalue weighted by atomic mass is 9.84. The third kappa shape index (κ3) is 3.62. The molecule has 0 spiro atoms. The van der Waals surface area contributed by atoms with Crippen LogP contribution in [0.25, 0.3) is 16.7 Å². The standard InChI is InChI=1S/C24H31N5O2S/c1-4-11-28-22(31)18-7-5-6-8-20(18)29-23(28)26-27-24(29)32-15(3)21(30)25-14(2)19-13-16-9-10-17(19)12-16/h5-8,14-17,19H,4,9-13H2,1-3H3,(H,25,30). The minimum atomic E-state index is -0.311. The Balaban J connectivity index is 1.40. The van der Waals surface area contributed by atoms with E-state index in [1.165, 1.54) is 37.4 Å². The van der Waals surface area contributed by atoms with Gasteiger partial charge in [-0.25, -0.2) is 0 Å². The summed E-state index contributed by atoms with van der Waals surface area (Å²) in [6, 6.07) is 7.73. The van der Waals surface area contributed by atoms with Crippen LogP contribution < -0.4 is 10.9 Å². The van der Waals surface area contributed by atoms with Crippen LogP contribution >= 0.6 is 11.8 Å². The molecule has 5 rings (SSSR count). The number of fused-ring (bicyclic) bond motifs is 5. The molecule has 7 nitrogen and oxygen atoms in total. The van der Waals surface area contributed by atoms with Gasteiger partial charge in [-0.1, -0.05) is 37.2 Å². The summed E-state index contributed by atoms with van der Waals surface area (Å²) < 4.78 is 3.60. The predicted molar refractivity (Wildman–Crippen MR) is 127 cm³/mol. The van der Waals surface area contributed by atoms with Crippen molar-refractivity contribution in [1.82, 2.24) is 24.5 Å². The molecule has 2 heterocycles. The van der Waals surface area contributed by atoms with Gasteiger partial charge in [-0.05, 0) is 69.4 Å². The van der Waals surface area contributed by atoms with Crippen molar-refractivity contribution in [3.05, 3.63) is 34.6 Å². The van der Waals surface area contributed by atoms with Crippen molar-refractivity contribution in [2.24, 2.45) is 17.8 Å². The average molecular weight is 454 g/mol. The van der Waals surface area contributed by atoms with Crippen molar-refractivity contribution in [3.63, 3.8) is 0 Å². The highest BCUT2D eigenvalue weighted by Crippen LogP contribution is 2.49. The van der Waals surface area contributed by atoms with Gasteiger partial charge in [0, 0.05) is 12.6 Å². The predicted octanol–water partition coefficient (Wildman–Crippen LogP) is 3.88. The fraction of sp³-hybridized carbons (Fsp3) is 0.583. The fourth-order valence-corrected chi connectivity index (χ4v) is 6.67. The van der Waals surface area contributed by atoms with Crippen molar-refractivity contribution in [2.75, 3.05) is 0 Å². The molecule has 0 radical (unpaired) electrons. The molecule has 1 aromatic carbocycles. The van der Waals surface area contributed by atoms with Gasteiger partial charge in [0.15, 0.2) is 5.16 Å². The molecular weight excluding hydrogens is 422 g/mol. The number of hydrogen-bond donors (Lipinski definition) is 1. The molecule has 1 N–H and O–H groups in total. The van der Waals surface area contributed by atoms with Gasteiger partial charge in [0.1, 0.15) is 0 Å². The lowest BCUT2D eigenvalue weighted by Crippen LogP contribution is -2.43. The largest absolute Gasteiger partial charge is 0.352 e. The van der Waals surface area contributed by atoms with Crippen LogP contribution in [-0.4, -0.2) is 36.4 Å². The van der Waals surface area contributed by atoms with E-state index in [2.05, 4.69) is 22.4 Å². The SMILES string of the molecule is CCCn1c(=O)c2ccccc2n2c(SC(C)C(=O)NC(C)C3CC4CCC3C4)nnc12. The molecular formula is C24H31N5O2S. The molecule has 5 unspecified atom stereocenters. The molecule has 1 amide bonds. The van der Waals surface area contributed by atoms with Crippen LogP contribution in [-0.2, 0) is 11.3 Å². The van der Waals surface area contributed by atoms with Crippen LogP contribution in [0.3, 0.4) is 0 Å². The minimum absolute atomic E-state index is 0.0354. The Labute approximate surface area is 192 Å². The molecule has 5 atom stereocenters. The molecule has 2 aromatic heterocycles. The zero-order valence-corrected chi connectivity index (χ0v) is 19.8. The maximum absolute atomic E-state index is 13.0. The van der Waals surface area contributed by atoms with Crippen LogP contribution in [0.5, 0.6) is 0 Å². The maximum Gasteiger partial charge on any atom is 0.262 e. The molecule has 2 fully saturated rings. The van der Waals surface area contributed by atoms with Gasteiger partial charge in [0.05, 0.1) is 16.2 Å². The summed E-state index contributed by atoms with van der Waals surface area (Å²) in [6.45, 7) is 6.68. The summed E-state index contributed by atoms with van der Waals surface area (Å²) in [5.74, 6) is 2.82. The Hall–Kier alpha value is -2.35. The van der Waals surface area contributed by atoms with E-state index >= 15 is 0 Å². The number of thioether (sulfide) groups is 1. The van der Waals surface area contributed by atoms with Gasteiger partial charge >= 0.3 is 0 Å². The quantitative estimate of drug-likeness (QED) is 0.549. The summed E-state index contributed by atoms with van der Waals surface area (Å²) in [7, 11) is 0. The van der Waals surface area contributed by atoms with Crippen molar-refractivity contribution >= 4 is 34.3 Å². The van der Waals surface area contributed by atoms with Gasteiger partial charge in [0.2, 0.25) is 11.7 Å². The maximum atomic E-state index is 13.0. The number of para-hydroxylation sites is 1. The van der Waals surface area contributed by atoms with Gasteiger partial charge in [-0.15, -0.1) is 10.2 Å². The number of aryl methyl sites for hydroxylation is 1. The molecule has 2 bridgehead atoms. The number of aromatic nitrogens is 4. The first kappa shape index (κ1) is 21.5. The zero-order chi connectivity index (χ0) is 22.4. The number of rotatable bonds is 7. The van der Waals surface area contributed by atoms with E-state index in [1.807, 2.05) is 42.5 Å². The number of nitrogens with zero attached hydrogens (tertiary/aromatic N) is 4. The number of hydrogen-bond acceptors (Lipinski definition) is 5. The van der Waals surface area contributed by atoms with Crippen LogP contribution in [0, 0.1) is 17.8 Å². The van der Waals surface area contributed by atoms with E-state index in [0.717, 1.165) is 23.8 Å². The fourth-order valence-electron chi connectivity index (χ4n) is 5.80. The molecule has 8 heteroatoms. The summed E-state index contributed by atoms with van der Waals surface area (Å²) in [4.78, 5) is 26.0. The molecule has 2 aliphatic carbocycles. The molecule has 170 valence electrons. The monoisotopic (exact) mass is 453 g/mol. The number of amides is 1. The minimum Gasteiger partial charge on any atom is -0.352 e. The average Bonchev–Trinajstić information content (AvgIpc) is 3.52. The summed E-state index contributed by atoms with van der Waals surface area (Å²) in [6.07, 6.45) is 6.10. The molecule has 3 aromatic rings. The van der Waals surface area contributed by atoms with Gasteiger partial charge in [-0.2, -0.15) is 0 Å². The highest BCUT2D eigenvalue weighted by atomic mass is 32.2. The lowest BCUT2D eigenvalue weighted by molar-refractivity contribution is -0.121. The van der Waals surface area contributed by atoms with E-state index in [9.17, 15) is 9.59 Å². The molecule has 0 saturated heterocycles. The number of benzene rings is 1. The zero-order valence-electron chi connectivity index (χ0n) is 19.0. The Morgan fingerprint density at radius 1 is 1.22 bits per heavy atom. The number of carbonyl (C=O) groups excluding carboxylic acids is 1. The van der Waals surface area contributed by atoms with Crippen molar-refractivity contribution in [1.29, 1.82) is 0 Å². The van der Waals surface area contributed by atoms with Gasteiger partial charge in [-0.3, -0.25) is 18.6 Å². The Kier molecular flexibility index (Phi) is 5.73. The van der Waals surface area contributed by atoms with Crippen molar-refractivity contribution in [2.45, 2.75) is 75.9 Å². The normalized spacial score (nSPS) is 24.3. The van der Waals surface area contributed by atoms with Crippen LogP contribution in [0.1, 0.15) is 52.9 Å². The van der Waals surface area contributed by atoms with E-state index in [1.54, 1.807) is 4.57 Å². The van der Waals surface area contributed by atoms with Crippen molar-refractivity contribution in [3.8, 4) is 0 Å². The third-order valence-corrected chi connectivity index (χ3v) is 8.42. The third-order valence-electron chi connectivity index (χ3n) is 7.38. The molecule has 32 heavy (non-hydrogen) atoms. The summed E-state index contributed by atoms with van der Waals surface area (Å²) in [5.41, 5.74) is 0.722. The van der Waals surface area contributed by atoms with E-state index < -0.39 is 0 Å². The van der Waals surface area contributed by atoms with E-state index in [4.69, 9.17) is 0 Å². The van der Waals surface area contributed by atoms with E-state index in [0.29, 0.717) is 28.8 Å². The van der Waals surface area contributed by atoms with Crippen molar-refractivity contribution < 1.29 is 4.79 Å². The first-order valence-electron chi connectivity index (χ1n) is 11.8. The van der Waals surface area contributed by atoms with Gasteiger partial charge < -0.3 is 5.32 Å². The summed E-state index contributed by atoms with van der Waals surface area (Å²) in [5, 5.41) is 12.9. The Morgan fingerprint density at radius 2 is 2.03 bits per heavy atom. The second-order valence-electron chi connectivity index (χ2n) is 9.49. The number of nitrogens with one attached hydrogen (secondary N) is 1. The van der Waals surface area contributed by atoms with E-state index in [-0.39, 0.29) is 22.8 Å². The van der Waals surface area contributed by atoms with Crippen LogP contribution in [0.4, 0.5) is 0 Å². The topological polar surface area (TPSA) is 81.3 Å². The Bertz CT molecular complexity index is 1220. The molecule has 2 saturated carbocycles. The molecule has 2 aliphatic rings. The number of carbonyl (C=O) groups is 1. The summed E-state index contributed by atoms with van der Waals surface area (Å²) >= 11 is 1.40. The lowest BCUT2D eigenvalue weighted by Gasteiger charge is -2.29. The highest BCUT2D eigenvalue weighted by molar-refractivity contribution is 8.00. The highest BCUT2D eigenvalue weighted by Gasteiger charge is 2.42. The molecule has 0 aliphatic heterocycles. The first-order valence-corrected chi connectivity index (χ1v) is 12.7.